The fraction of sp³-hybridized carbons (Fsp3) is 0.133. The van der Waals surface area contributed by atoms with Gasteiger partial charge in [0, 0.05) is 21.5 Å². The van der Waals surface area contributed by atoms with Gasteiger partial charge in [0.15, 0.2) is 0 Å². The Bertz CT molecular complexity index is 595. The zero-order chi connectivity index (χ0) is 14.6. The van der Waals surface area contributed by atoms with E-state index in [1.807, 2.05) is 30.3 Å². The molecule has 0 saturated heterocycles. The highest BCUT2D eigenvalue weighted by atomic mass is 79.9. The van der Waals surface area contributed by atoms with Crippen LogP contribution in [0.3, 0.4) is 0 Å². The van der Waals surface area contributed by atoms with E-state index < -0.39 is 5.02 Å². The van der Waals surface area contributed by atoms with E-state index in [2.05, 4.69) is 20.7 Å². The minimum atomic E-state index is -3.43. The molecule has 0 aliphatic heterocycles. The van der Waals surface area contributed by atoms with Crippen molar-refractivity contribution >= 4 is 22.2 Å². The lowest BCUT2D eigenvalue weighted by molar-refractivity contribution is -0.0803. The standard InChI is InChI=1S/C15H11BrF2O2/c16-15(17,18)20-14-7-6-12(10-19)13(9-14)8-11-4-2-1-3-5-11/h1-7,9-10H,8H2. The average molecular weight is 341 g/mol. The molecule has 104 valence electrons. The molecule has 0 unspecified atom stereocenters. The molecule has 0 spiro atoms. The van der Waals surface area contributed by atoms with E-state index in [9.17, 15) is 13.6 Å². The summed E-state index contributed by atoms with van der Waals surface area (Å²) in [6.07, 6.45) is 1.17. The van der Waals surface area contributed by atoms with Crippen LogP contribution in [0, 0.1) is 0 Å². The van der Waals surface area contributed by atoms with Crippen LogP contribution in [0.5, 0.6) is 5.75 Å². The summed E-state index contributed by atoms with van der Waals surface area (Å²) in [5, 5.41) is -3.43. The van der Waals surface area contributed by atoms with Gasteiger partial charge in [-0.1, -0.05) is 30.3 Å². The Morgan fingerprint density at radius 2 is 1.85 bits per heavy atom. The van der Waals surface area contributed by atoms with Crippen LogP contribution >= 0.6 is 15.9 Å². The summed E-state index contributed by atoms with van der Waals surface area (Å²) in [5.41, 5.74) is 2.08. The number of aldehydes is 1. The molecule has 0 heterocycles. The molecule has 2 nitrogen and oxygen atoms in total. The first-order valence-corrected chi connectivity index (χ1v) is 6.65. The van der Waals surface area contributed by atoms with Gasteiger partial charge in [-0.3, -0.25) is 4.79 Å². The third-order valence-electron chi connectivity index (χ3n) is 2.71. The number of ether oxygens (including phenoxy) is 1. The van der Waals surface area contributed by atoms with E-state index in [-0.39, 0.29) is 5.75 Å². The van der Waals surface area contributed by atoms with Crippen LogP contribution in [-0.4, -0.2) is 11.3 Å². The predicted molar refractivity (Wildman–Crippen MR) is 75.6 cm³/mol. The highest BCUT2D eigenvalue weighted by Crippen LogP contribution is 2.28. The molecular formula is C15H11BrF2O2. The van der Waals surface area contributed by atoms with Crippen LogP contribution in [0.15, 0.2) is 48.5 Å². The predicted octanol–water partition coefficient (Wildman–Crippen LogP) is 4.41. The van der Waals surface area contributed by atoms with Gasteiger partial charge in [0.2, 0.25) is 0 Å². The Morgan fingerprint density at radius 1 is 1.15 bits per heavy atom. The average Bonchev–Trinajstić information content (AvgIpc) is 2.38. The van der Waals surface area contributed by atoms with Gasteiger partial charge in [-0.25, -0.2) is 0 Å². The van der Waals surface area contributed by atoms with Crippen LogP contribution < -0.4 is 4.74 Å². The van der Waals surface area contributed by atoms with E-state index in [1.165, 1.54) is 18.2 Å². The van der Waals surface area contributed by atoms with Crippen LogP contribution in [0.4, 0.5) is 8.78 Å². The number of rotatable bonds is 5. The zero-order valence-corrected chi connectivity index (χ0v) is 11.9. The van der Waals surface area contributed by atoms with Crippen molar-refractivity contribution < 1.29 is 18.3 Å². The van der Waals surface area contributed by atoms with Crippen molar-refractivity contribution in [2.75, 3.05) is 0 Å². The first-order valence-electron chi connectivity index (χ1n) is 5.86. The number of carbonyl (C=O) groups is 1. The first kappa shape index (κ1) is 14.7. The maximum Gasteiger partial charge on any atom is 0.459 e. The van der Waals surface area contributed by atoms with Crippen molar-refractivity contribution in [3.63, 3.8) is 0 Å². The molecule has 2 aromatic rings. The molecule has 0 amide bonds. The first-order chi connectivity index (χ1) is 9.48. The van der Waals surface area contributed by atoms with Crippen molar-refractivity contribution in [3.05, 3.63) is 65.2 Å². The summed E-state index contributed by atoms with van der Waals surface area (Å²) in [6, 6.07) is 13.7. The topological polar surface area (TPSA) is 26.3 Å². The lowest BCUT2D eigenvalue weighted by atomic mass is 10.0. The molecule has 0 aliphatic rings. The normalized spacial score (nSPS) is 11.2. The smallest absolute Gasteiger partial charge is 0.424 e. The van der Waals surface area contributed by atoms with Gasteiger partial charge in [-0.05, 0) is 35.7 Å². The maximum absolute atomic E-state index is 12.8. The van der Waals surface area contributed by atoms with Gasteiger partial charge in [-0.2, -0.15) is 8.78 Å². The molecule has 2 rings (SSSR count). The van der Waals surface area contributed by atoms with Crippen molar-refractivity contribution in [1.82, 2.24) is 0 Å². The van der Waals surface area contributed by atoms with Crippen molar-refractivity contribution in [1.29, 1.82) is 0 Å². The van der Waals surface area contributed by atoms with Gasteiger partial charge in [0.25, 0.3) is 0 Å². The Hall–Kier alpha value is -1.75. The molecule has 0 aromatic heterocycles. The fourth-order valence-corrected chi connectivity index (χ4v) is 2.05. The van der Waals surface area contributed by atoms with Crippen molar-refractivity contribution in [3.8, 4) is 5.75 Å². The lowest BCUT2D eigenvalue weighted by Gasteiger charge is -2.13. The molecule has 0 N–H and O–H groups in total. The number of hydrogen-bond donors (Lipinski definition) is 0. The van der Waals surface area contributed by atoms with E-state index in [4.69, 9.17) is 0 Å². The highest BCUT2D eigenvalue weighted by Gasteiger charge is 2.26. The molecule has 20 heavy (non-hydrogen) atoms. The Labute approximate surface area is 123 Å². The van der Waals surface area contributed by atoms with Crippen LogP contribution in [-0.2, 0) is 6.42 Å². The van der Waals surface area contributed by atoms with Crippen molar-refractivity contribution in [2.24, 2.45) is 0 Å². The summed E-state index contributed by atoms with van der Waals surface area (Å²) in [4.78, 5) is 11.0. The molecule has 0 radical (unpaired) electrons. The summed E-state index contributed by atoms with van der Waals surface area (Å²) in [6.45, 7) is 0. The SMILES string of the molecule is O=Cc1ccc(OC(F)(F)Br)cc1Cc1ccccc1. The van der Waals surface area contributed by atoms with Crippen LogP contribution in [0.25, 0.3) is 0 Å². The van der Waals surface area contributed by atoms with Crippen molar-refractivity contribution in [2.45, 2.75) is 11.4 Å². The quantitative estimate of drug-likeness (QED) is 0.595. The highest BCUT2D eigenvalue weighted by molar-refractivity contribution is 9.09. The number of hydrogen-bond acceptors (Lipinski definition) is 2. The van der Waals surface area contributed by atoms with E-state index in [1.54, 1.807) is 0 Å². The van der Waals surface area contributed by atoms with Gasteiger partial charge < -0.3 is 4.74 Å². The van der Waals surface area contributed by atoms with Crippen LogP contribution in [0.2, 0.25) is 0 Å². The molecule has 0 fully saturated rings. The largest absolute Gasteiger partial charge is 0.459 e. The number of alkyl halides is 3. The van der Waals surface area contributed by atoms with Gasteiger partial charge >= 0.3 is 5.02 Å². The molecule has 0 bridgehead atoms. The fourth-order valence-electron chi connectivity index (χ4n) is 1.86. The summed E-state index contributed by atoms with van der Waals surface area (Å²) >= 11 is 2.12. The summed E-state index contributed by atoms with van der Waals surface area (Å²) in [5.74, 6) is 0.00315. The van der Waals surface area contributed by atoms with Gasteiger partial charge in [-0.15, -0.1) is 0 Å². The van der Waals surface area contributed by atoms with E-state index in [0.29, 0.717) is 23.8 Å². The van der Waals surface area contributed by atoms with Gasteiger partial charge in [0.1, 0.15) is 12.0 Å². The Balaban J connectivity index is 2.30. The second kappa shape index (κ2) is 6.13. The Kier molecular flexibility index (Phi) is 4.49. The monoisotopic (exact) mass is 340 g/mol. The number of carbonyl (C=O) groups excluding carboxylic acids is 1. The van der Waals surface area contributed by atoms with E-state index >= 15 is 0 Å². The second-order valence-corrected chi connectivity index (χ2v) is 5.11. The summed E-state index contributed by atoms with van der Waals surface area (Å²) in [7, 11) is 0. The maximum atomic E-state index is 12.8. The molecule has 0 atom stereocenters. The van der Waals surface area contributed by atoms with E-state index in [0.717, 1.165) is 5.56 Å². The number of halogens is 3. The zero-order valence-electron chi connectivity index (χ0n) is 10.4. The minimum Gasteiger partial charge on any atom is -0.424 e. The minimum absolute atomic E-state index is 0.00315. The lowest BCUT2D eigenvalue weighted by Crippen LogP contribution is -2.15. The third kappa shape index (κ3) is 4.13. The third-order valence-corrected chi connectivity index (χ3v) is 2.87. The molecule has 2 aromatic carbocycles. The Morgan fingerprint density at radius 3 is 2.45 bits per heavy atom. The molecule has 0 aliphatic carbocycles. The molecular weight excluding hydrogens is 330 g/mol. The van der Waals surface area contributed by atoms with Gasteiger partial charge in [0.05, 0.1) is 0 Å². The molecule has 5 heteroatoms. The number of benzene rings is 2. The molecule has 0 saturated carbocycles. The second-order valence-electron chi connectivity index (χ2n) is 4.19. The van der Waals surface area contributed by atoms with Crippen LogP contribution in [0.1, 0.15) is 21.5 Å². The summed E-state index contributed by atoms with van der Waals surface area (Å²) < 4.78 is 30.0.